The number of piperidine rings is 1. The molecule has 0 radical (unpaired) electrons. The number of hydrogen-bond donors (Lipinski definition) is 0. The van der Waals surface area contributed by atoms with Gasteiger partial charge in [-0.05, 0) is 55.7 Å². The molecule has 0 spiro atoms. The Kier molecular flexibility index (Phi) is 7.23. The third kappa shape index (κ3) is 5.19. The summed E-state index contributed by atoms with van der Waals surface area (Å²) in [5.74, 6) is -0.842. The number of anilines is 1. The lowest BCUT2D eigenvalue weighted by molar-refractivity contribution is -0.148. The molecule has 1 aliphatic rings. The lowest BCUT2D eigenvalue weighted by atomic mass is 9.97. The van der Waals surface area contributed by atoms with Crippen LogP contribution in [0, 0.1) is 12.8 Å². The molecule has 0 bridgehead atoms. The van der Waals surface area contributed by atoms with Gasteiger partial charge in [-0.3, -0.25) is 13.9 Å². The summed E-state index contributed by atoms with van der Waals surface area (Å²) in [7, 11) is -2.63. The quantitative estimate of drug-likeness (QED) is 0.613. The van der Waals surface area contributed by atoms with Crippen LogP contribution in [0.25, 0.3) is 0 Å². The Hall–Kier alpha value is -2.58. The topological polar surface area (TPSA) is 84.0 Å². The van der Waals surface area contributed by atoms with Crippen LogP contribution in [0.3, 0.4) is 0 Å². The molecule has 0 N–H and O–H groups in total. The Balaban J connectivity index is 1.87. The third-order valence-electron chi connectivity index (χ3n) is 5.42. The van der Waals surface area contributed by atoms with Gasteiger partial charge >= 0.3 is 5.97 Å². The molecular formula is C22H25ClN2O5S. The number of halogens is 1. The number of amides is 1. The normalized spacial score (nSPS) is 14.9. The van der Waals surface area contributed by atoms with E-state index >= 15 is 0 Å². The van der Waals surface area contributed by atoms with E-state index in [0.29, 0.717) is 42.2 Å². The van der Waals surface area contributed by atoms with E-state index in [9.17, 15) is 18.0 Å². The molecule has 1 saturated heterocycles. The molecule has 0 unspecified atom stereocenters. The maximum atomic E-state index is 13.4. The van der Waals surface area contributed by atoms with Crippen molar-refractivity contribution >= 4 is 39.2 Å². The summed E-state index contributed by atoms with van der Waals surface area (Å²) in [6.07, 6.45) is 0.980. The monoisotopic (exact) mass is 464 g/mol. The van der Waals surface area contributed by atoms with Crippen molar-refractivity contribution in [3.05, 3.63) is 59.1 Å². The number of carbonyl (C=O) groups is 2. The van der Waals surface area contributed by atoms with Crippen LogP contribution in [0.4, 0.5) is 5.69 Å². The van der Waals surface area contributed by atoms with Crippen LogP contribution in [0.15, 0.2) is 53.4 Å². The highest BCUT2D eigenvalue weighted by Gasteiger charge is 2.32. The Morgan fingerprint density at radius 2 is 1.77 bits per heavy atom. The zero-order chi connectivity index (χ0) is 22.6. The first-order chi connectivity index (χ1) is 14.7. The molecule has 2 aromatic rings. The first-order valence-electron chi connectivity index (χ1n) is 9.93. The Labute approximate surface area is 187 Å². The van der Waals surface area contributed by atoms with E-state index in [1.54, 1.807) is 48.2 Å². The summed E-state index contributed by atoms with van der Waals surface area (Å²) in [5.41, 5.74) is 1.04. The molecule has 9 heteroatoms. The van der Waals surface area contributed by atoms with E-state index in [-0.39, 0.29) is 29.2 Å². The number of esters is 1. The number of carbonyl (C=O) groups excluding carboxylic acids is 2. The van der Waals surface area contributed by atoms with Gasteiger partial charge in [0, 0.05) is 18.1 Å². The molecule has 0 aliphatic carbocycles. The number of benzene rings is 2. The number of sulfonamides is 1. The van der Waals surface area contributed by atoms with Gasteiger partial charge in [0.15, 0.2) is 0 Å². The molecular weight excluding hydrogens is 440 g/mol. The van der Waals surface area contributed by atoms with Crippen LogP contribution in [0.2, 0.25) is 5.02 Å². The van der Waals surface area contributed by atoms with E-state index in [0.717, 1.165) is 4.31 Å². The van der Waals surface area contributed by atoms with Gasteiger partial charge in [0.2, 0.25) is 5.91 Å². The van der Waals surface area contributed by atoms with Crippen LogP contribution in [-0.2, 0) is 24.3 Å². The predicted molar refractivity (Wildman–Crippen MR) is 118 cm³/mol. The molecule has 1 aliphatic heterocycles. The average molecular weight is 465 g/mol. The minimum absolute atomic E-state index is 0.0987. The molecule has 2 aromatic carbocycles. The second kappa shape index (κ2) is 9.70. The van der Waals surface area contributed by atoms with Crippen LogP contribution in [0.1, 0.15) is 18.4 Å². The van der Waals surface area contributed by atoms with Crippen molar-refractivity contribution in [2.45, 2.75) is 24.7 Å². The van der Waals surface area contributed by atoms with Gasteiger partial charge in [-0.15, -0.1) is 0 Å². The highest BCUT2D eigenvalue weighted by Crippen LogP contribution is 2.29. The Bertz CT molecular complexity index is 1050. The van der Waals surface area contributed by atoms with E-state index in [2.05, 4.69) is 0 Å². The van der Waals surface area contributed by atoms with Gasteiger partial charge < -0.3 is 9.64 Å². The predicted octanol–water partition coefficient (Wildman–Crippen LogP) is 3.26. The first kappa shape index (κ1) is 23.1. The molecule has 0 atom stereocenters. The smallest absolute Gasteiger partial charge is 0.308 e. The number of likely N-dealkylation sites (tertiary alicyclic amines) is 1. The van der Waals surface area contributed by atoms with Crippen LogP contribution in [0.5, 0.6) is 0 Å². The van der Waals surface area contributed by atoms with Crippen molar-refractivity contribution in [3.63, 3.8) is 0 Å². The van der Waals surface area contributed by atoms with Gasteiger partial charge in [0.1, 0.15) is 6.54 Å². The van der Waals surface area contributed by atoms with Crippen molar-refractivity contribution in [3.8, 4) is 0 Å². The largest absolute Gasteiger partial charge is 0.469 e. The van der Waals surface area contributed by atoms with Gasteiger partial charge in [-0.2, -0.15) is 0 Å². The first-order valence-corrected chi connectivity index (χ1v) is 11.8. The Morgan fingerprint density at radius 1 is 1.13 bits per heavy atom. The standard InChI is InChI=1S/C22H25ClN2O5S/c1-16-14-18(23)8-9-20(16)25(31(28,29)19-6-4-3-5-7-19)15-21(26)24-12-10-17(11-13-24)22(27)30-2/h3-9,14,17H,10-13,15H2,1-2H3. The molecule has 1 heterocycles. The molecule has 1 fully saturated rings. The van der Waals surface area contributed by atoms with Crippen LogP contribution >= 0.6 is 11.6 Å². The molecule has 0 aromatic heterocycles. The third-order valence-corrected chi connectivity index (χ3v) is 7.43. The fraction of sp³-hybridized carbons (Fsp3) is 0.364. The number of ether oxygens (including phenoxy) is 1. The molecule has 3 rings (SSSR count). The van der Waals surface area contributed by atoms with Crippen molar-refractivity contribution in [1.29, 1.82) is 0 Å². The number of nitrogens with zero attached hydrogens (tertiary/aromatic N) is 2. The lowest BCUT2D eigenvalue weighted by Crippen LogP contribution is -2.46. The maximum Gasteiger partial charge on any atom is 0.308 e. The summed E-state index contributed by atoms with van der Waals surface area (Å²) in [5, 5.41) is 0.481. The lowest BCUT2D eigenvalue weighted by Gasteiger charge is -2.33. The van der Waals surface area contributed by atoms with E-state index in [1.807, 2.05) is 0 Å². The highest BCUT2D eigenvalue weighted by molar-refractivity contribution is 7.92. The molecule has 31 heavy (non-hydrogen) atoms. The van der Waals surface area contributed by atoms with Crippen molar-refractivity contribution in [1.82, 2.24) is 4.90 Å². The van der Waals surface area contributed by atoms with E-state index < -0.39 is 10.0 Å². The van der Waals surface area contributed by atoms with E-state index in [4.69, 9.17) is 16.3 Å². The van der Waals surface area contributed by atoms with Crippen molar-refractivity contribution in [2.75, 3.05) is 31.0 Å². The summed E-state index contributed by atoms with van der Waals surface area (Å²) in [6.45, 7) is 2.15. The second-order valence-corrected chi connectivity index (χ2v) is 9.73. The second-order valence-electron chi connectivity index (χ2n) is 7.43. The van der Waals surface area contributed by atoms with E-state index in [1.165, 1.54) is 19.2 Å². The number of rotatable bonds is 6. The number of aryl methyl sites for hydroxylation is 1. The maximum absolute atomic E-state index is 13.4. The molecule has 1 amide bonds. The SMILES string of the molecule is COC(=O)C1CCN(C(=O)CN(c2ccc(Cl)cc2C)S(=O)(=O)c2ccccc2)CC1. The number of hydrogen-bond acceptors (Lipinski definition) is 5. The van der Waals surface area contributed by atoms with Crippen molar-refractivity contribution < 1.29 is 22.7 Å². The highest BCUT2D eigenvalue weighted by atomic mass is 35.5. The van der Waals surface area contributed by atoms with Gasteiger partial charge in [-0.1, -0.05) is 29.8 Å². The number of methoxy groups -OCH3 is 1. The summed E-state index contributed by atoms with van der Waals surface area (Å²) in [6, 6.07) is 12.9. The average Bonchev–Trinajstić information content (AvgIpc) is 2.78. The summed E-state index contributed by atoms with van der Waals surface area (Å²) in [4.78, 5) is 26.5. The molecule has 166 valence electrons. The summed E-state index contributed by atoms with van der Waals surface area (Å²) < 4.78 is 32.8. The Morgan fingerprint density at radius 3 is 2.35 bits per heavy atom. The minimum Gasteiger partial charge on any atom is -0.469 e. The zero-order valence-electron chi connectivity index (χ0n) is 17.5. The van der Waals surface area contributed by atoms with Gasteiger partial charge in [-0.25, -0.2) is 8.42 Å². The fourth-order valence-electron chi connectivity index (χ4n) is 3.67. The molecule has 7 nitrogen and oxygen atoms in total. The van der Waals surface area contributed by atoms with Crippen LogP contribution in [-0.4, -0.2) is 51.9 Å². The van der Waals surface area contributed by atoms with Gasteiger partial charge in [0.05, 0.1) is 23.6 Å². The summed E-state index contributed by atoms with van der Waals surface area (Å²) >= 11 is 6.05. The zero-order valence-corrected chi connectivity index (χ0v) is 19.0. The minimum atomic E-state index is -3.98. The van der Waals surface area contributed by atoms with Crippen molar-refractivity contribution in [2.24, 2.45) is 5.92 Å². The fourth-order valence-corrected chi connectivity index (χ4v) is 5.40. The molecule has 0 saturated carbocycles. The van der Waals surface area contributed by atoms with Crippen LogP contribution < -0.4 is 4.31 Å². The van der Waals surface area contributed by atoms with Gasteiger partial charge in [0.25, 0.3) is 10.0 Å².